The molecule has 0 rings (SSSR count). The maximum Gasteiger partial charge on any atom is 0.333 e. The van der Waals surface area contributed by atoms with Gasteiger partial charge in [-0.1, -0.05) is 6.08 Å². The highest BCUT2D eigenvalue weighted by Crippen LogP contribution is 2.08. The van der Waals surface area contributed by atoms with Crippen LogP contribution < -0.4 is 0 Å². The molecule has 98 valence electrons. The van der Waals surface area contributed by atoms with Gasteiger partial charge in [0.25, 0.3) is 0 Å². The van der Waals surface area contributed by atoms with Gasteiger partial charge in [-0.3, -0.25) is 4.79 Å². The van der Waals surface area contributed by atoms with Crippen molar-refractivity contribution in [3.63, 3.8) is 0 Å². The van der Waals surface area contributed by atoms with Gasteiger partial charge in [0, 0.05) is 5.57 Å². The first kappa shape index (κ1) is 10.8. The number of carbonyl (C=O) groups is 2. The number of quaternary nitrogens is 1. The number of likely N-dealkylation sites (N-methyl/N-ethyl adjacent to an activating group) is 1. The van der Waals surface area contributed by atoms with Crippen molar-refractivity contribution in [2.75, 3.05) is 27.6 Å². The van der Waals surface area contributed by atoms with Crippen LogP contribution in [0.1, 0.15) is 24.4 Å². The molecule has 0 aliphatic rings. The number of aliphatic carboxylic acids is 1. The Morgan fingerprint density at radius 2 is 2.12 bits per heavy atom. The molecule has 0 aromatic rings. The largest absolute Gasteiger partial charge is 0.481 e. The first-order valence-corrected chi connectivity index (χ1v) is 5.29. The van der Waals surface area contributed by atoms with Gasteiger partial charge >= 0.3 is 11.9 Å². The fraction of sp³-hybridized carbons (Fsp3) is 0.667. The number of ether oxygens (including phenoxy) is 1. The average molecular weight is 247 g/mol. The zero-order valence-corrected chi connectivity index (χ0v) is 10.7. The van der Waals surface area contributed by atoms with E-state index >= 15 is 0 Å². The molecule has 0 radical (unpaired) electrons. The van der Waals surface area contributed by atoms with Crippen LogP contribution in [0.2, 0.25) is 0 Å². The Labute approximate surface area is 106 Å². The van der Waals surface area contributed by atoms with E-state index in [0.29, 0.717) is 5.57 Å². The van der Waals surface area contributed by atoms with E-state index in [1.807, 2.05) is 0 Å². The predicted octanol–water partition coefficient (Wildman–Crippen LogP) is 1.05. The van der Waals surface area contributed by atoms with E-state index in [4.69, 9.17) is 14.0 Å². The number of nitrogens with zero attached hydrogens (tertiary/aromatic N) is 1. The minimum atomic E-state index is -2.32. The van der Waals surface area contributed by atoms with Crippen molar-refractivity contribution in [1.29, 1.82) is 0 Å². The molecule has 0 fully saturated rings. The van der Waals surface area contributed by atoms with Crippen molar-refractivity contribution in [2.45, 2.75) is 26.4 Å². The molecule has 0 saturated heterocycles. The molecule has 0 amide bonds. The summed E-state index contributed by atoms with van der Waals surface area (Å²) in [6, 6.07) is 0. The van der Waals surface area contributed by atoms with E-state index in [-0.39, 0.29) is 6.54 Å². The number of hydrogen-bond acceptors (Lipinski definition) is 3. The fourth-order valence-corrected chi connectivity index (χ4v) is 1.21. The number of carboxylic acid groups (broad SMARTS) is 1. The summed E-state index contributed by atoms with van der Waals surface area (Å²) in [4.78, 5) is 22.5. The van der Waals surface area contributed by atoms with Crippen LogP contribution in [-0.2, 0) is 14.3 Å². The summed E-state index contributed by atoms with van der Waals surface area (Å²) >= 11 is 0. The van der Waals surface area contributed by atoms with E-state index in [1.54, 1.807) is 19.9 Å². The lowest BCUT2D eigenvalue weighted by molar-refractivity contribution is -0.873. The summed E-state index contributed by atoms with van der Waals surface area (Å²) in [7, 11) is 2.89. The number of carbonyl (C=O) groups excluding carboxylic acids is 1. The first-order valence-electron chi connectivity index (χ1n) is 6.79. The van der Waals surface area contributed by atoms with Gasteiger partial charge in [-0.25, -0.2) is 4.79 Å². The van der Waals surface area contributed by atoms with Crippen LogP contribution >= 0.6 is 0 Å². The lowest BCUT2D eigenvalue weighted by Crippen LogP contribution is -2.43. The first-order chi connectivity index (χ1) is 8.90. The predicted molar refractivity (Wildman–Crippen MR) is 64.5 cm³/mol. The second-order valence-electron chi connectivity index (χ2n) is 4.46. The Morgan fingerprint density at radius 1 is 1.53 bits per heavy atom. The van der Waals surface area contributed by atoms with Crippen LogP contribution in [0.15, 0.2) is 11.6 Å². The summed E-state index contributed by atoms with van der Waals surface area (Å²) < 4.78 is 26.9. The van der Waals surface area contributed by atoms with Crippen molar-refractivity contribution in [3.8, 4) is 0 Å². The highest BCUT2D eigenvalue weighted by molar-refractivity contribution is 5.87. The molecule has 5 heteroatoms. The van der Waals surface area contributed by atoms with Gasteiger partial charge < -0.3 is 14.3 Å². The SMILES string of the molecule is [2H]C([2H])([2H])[N+](C)(C)C[C@@H](CC(=O)O)OC(=O)/C(C)=C/C. The number of rotatable bonds is 6. The van der Waals surface area contributed by atoms with Crippen LogP contribution in [-0.4, -0.2) is 55.2 Å². The molecule has 17 heavy (non-hydrogen) atoms. The van der Waals surface area contributed by atoms with Crippen LogP contribution in [0.25, 0.3) is 0 Å². The standard InChI is InChI=1S/C12H21NO4/c1-6-9(2)12(16)17-10(7-11(14)15)8-13(3,4)5/h6,10H,7-8H2,1-5H3/p+1/b9-6+/t10-/m1/s1/i3D3. The zero-order valence-electron chi connectivity index (χ0n) is 13.7. The summed E-state index contributed by atoms with van der Waals surface area (Å²) in [5.41, 5.74) is 0.347. The molecule has 5 nitrogen and oxygen atoms in total. The van der Waals surface area contributed by atoms with Gasteiger partial charge in [-0.2, -0.15) is 0 Å². The smallest absolute Gasteiger partial charge is 0.333 e. The Hall–Kier alpha value is -1.36. The molecular weight excluding hydrogens is 222 g/mol. The van der Waals surface area contributed by atoms with Crippen molar-refractivity contribution < 1.29 is 28.0 Å². The number of allylic oxidation sites excluding steroid dienone is 1. The summed E-state index contributed by atoms with van der Waals surface area (Å²) in [5.74, 6) is -1.78. The van der Waals surface area contributed by atoms with Gasteiger partial charge in [-0.05, 0) is 13.8 Å². The van der Waals surface area contributed by atoms with Crippen LogP contribution in [0.5, 0.6) is 0 Å². The molecule has 0 spiro atoms. The highest BCUT2D eigenvalue weighted by atomic mass is 16.5. The minimum Gasteiger partial charge on any atom is -0.481 e. The van der Waals surface area contributed by atoms with Crippen molar-refractivity contribution in [2.24, 2.45) is 0 Å². The van der Waals surface area contributed by atoms with Crippen molar-refractivity contribution in [1.82, 2.24) is 0 Å². The van der Waals surface area contributed by atoms with Gasteiger partial charge in [-0.15, -0.1) is 0 Å². The molecule has 0 bridgehead atoms. The van der Waals surface area contributed by atoms with E-state index in [1.165, 1.54) is 14.1 Å². The third-order valence-electron chi connectivity index (χ3n) is 2.09. The summed E-state index contributed by atoms with van der Waals surface area (Å²) in [5, 5.41) is 8.84. The van der Waals surface area contributed by atoms with Gasteiger partial charge in [0.2, 0.25) is 0 Å². The molecular formula is C12H22NO4+. The molecule has 0 heterocycles. The maximum absolute atomic E-state index is 11.7. The van der Waals surface area contributed by atoms with E-state index in [2.05, 4.69) is 0 Å². The van der Waals surface area contributed by atoms with Crippen LogP contribution in [0, 0.1) is 0 Å². The average Bonchev–Trinajstić information content (AvgIpc) is 2.24. The molecule has 0 aromatic carbocycles. The second-order valence-corrected chi connectivity index (χ2v) is 4.46. The third kappa shape index (κ3) is 7.52. The Bertz CT molecular complexity index is 402. The summed E-state index contributed by atoms with van der Waals surface area (Å²) in [6.45, 7) is 0.777. The molecule has 0 unspecified atom stereocenters. The molecule has 0 aromatic heterocycles. The molecule has 1 N–H and O–H groups in total. The molecule has 0 aliphatic carbocycles. The van der Waals surface area contributed by atoms with E-state index < -0.39 is 35.9 Å². The van der Waals surface area contributed by atoms with Crippen molar-refractivity contribution in [3.05, 3.63) is 11.6 Å². The highest BCUT2D eigenvalue weighted by Gasteiger charge is 2.24. The van der Waals surface area contributed by atoms with Gasteiger partial charge in [0.1, 0.15) is 6.54 Å². The van der Waals surface area contributed by atoms with Gasteiger partial charge in [0.05, 0.1) is 31.6 Å². The Balaban J connectivity index is 5.00. The van der Waals surface area contributed by atoms with Gasteiger partial charge in [0.15, 0.2) is 6.10 Å². The second kappa shape index (κ2) is 6.39. The third-order valence-corrected chi connectivity index (χ3v) is 2.09. The molecule has 1 atom stereocenters. The van der Waals surface area contributed by atoms with Crippen LogP contribution in [0.4, 0.5) is 0 Å². The fourth-order valence-electron chi connectivity index (χ4n) is 1.21. The van der Waals surface area contributed by atoms with Crippen molar-refractivity contribution >= 4 is 11.9 Å². The lowest BCUT2D eigenvalue weighted by atomic mass is 10.2. The normalized spacial score (nSPS) is 17.6. The molecule has 0 saturated carbocycles. The van der Waals surface area contributed by atoms with E-state index in [9.17, 15) is 9.59 Å². The Morgan fingerprint density at radius 3 is 2.53 bits per heavy atom. The quantitative estimate of drug-likeness (QED) is 0.433. The zero-order chi connectivity index (χ0) is 16.1. The number of carboxylic acids is 1. The topological polar surface area (TPSA) is 63.6 Å². The molecule has 0 aliphatic heterocycles. The van der Waals surface area contributed by atoms with E-state index in [0.717, 1.165) is 0 Å². The lowest BCUT2D eigenvalue weighted by Gasteiger charge is -2.28. The monoisotopic (exact) mass is 247 g/mol. The summed E-state index contributed by atoms with van der Waals surface area (Å²) in [6.07, 6.45) is 0.120. The minimum absolute atomic E-state index is 0.106. The number of esters is 1. The van der Waals surface area contributed by atoms with Crippen LogP contribution in [0.3, 0.4) is 0 Å². The maximum atomic E-state index is 11.7. The number of hydrogen-bond donors (Lipinski definition) is 1. The Kier molecular flexibility index (Phi) is 4.05.